The normalized spacial score (nSPS) is 23.5. The summed E-state index contributed by atoms with van der Waals surface area (Å²) in [6.07, 6.45) is -3.57. The lowest BCUT2D eigenvalue weighted by molar-refractivity contribution is -0.139. The van der Waals surface area contributed by atoms with E-state index in [0.717, 1.165) is 12.1 Å². The summed E-state index contributed by atoms with van der Waals surface area (Å²) in [7, 11) is -3.14. The van der Waals surface area contributed by atoms with Crippen molar-refractivity contribution >= 4 is 15.7 Å². The molecule has 2 saturated carbocycles. The van der Waals surface area contributed by atoms with Crippen LogP contribution >= 0.6 is 0 Å². The lowest BCUT2D eigenvalue weighted by Crippen LogP contribution is -2.42. The van der Waals surface area contributed by atoms with Gasteiger partial charge in [0.25, 0.3) is 0 Å². The minimum atomic E-state index is -4.92. The largest absolute Gasteiger partial charge is 0.417 e. The number of aromatic nitrogens is 1. The van der Waals surface area contributed by atoms with Crippen LogP contribution in [-0.2, 0) is 25.5 Å². The molecule has 2 fully saturated rings. The van der Waals surface area contributed by atoms with Crippen LogP contribution < -0.4 is 5.32 Å². The van der Waals surface area contributed by atoms with Gasteiger partial charge in [-0.1, -0.05) is 6.07 Å². The van der Waals surface area contributed by atoms with Gasteiger partial charge in [-0.2, -0.15) is 18.4 Å². The van der Waals surface area contributed by atoms with E-state index in [1.165, 1.54) is 19.4 Å². The lowest BCUT2D eigenvalue weighted by Gasteiger charge is -2.19. The van der Waals surface area contributed by atoms with Gasteiger partial charge in [0.05, 0.1) is 33.8 Å². The highest BCUT2D eigenvalue weighted by molar-refractivity contribution is 7.92. The summed E-state index contributed by atoms with van der Waals surface area (Å²) in [6.45, 7) is 1.70. The molecule has 3 unspecified atom stereocenters. The predicted octanol–water partition coefficient (Wildman–Crippen LogP) is 3.82. The van der Waals surface area contributed by atoms with E-state index in [4.69, 9.17) is 4.74 Å². The third-order valence-corrected chi connectivity index (χ3v) is 8.92. The first-order valence-electron chi connectivity index (χ1n) is 11.0. The minimum Gasteiger partial charge on any atom is -0.381 e. The van der Waals surface area contributed by atoms with Gasteiger partial charge in [-0.3, -0.25) is 9.78 Å². The topological polar surface area (TPSA) is 109 Å². The number of nitrogens with zero attached hydrogens (tertiary/aromatic N) is 2. The van der Waals surface area contributed by atoms with E-state index in [2.05, 4.69) is 10.3 Å². The Bertz CT molecular complexity index is 1300. The van der Waals surface area contributed by atoms with Gasteiger partial charge < -0.3 is 10.1 Å². The number of carbonyl (C=O) groups is 1. The van der Waals surface area contributed by atoms with Gasteiger partial charge in [-0.05, 0) is 68.0 Å². The van der Waals surface area contributed by atoms with Gasteiger partial charge in [0.1, 0.15) is 5.54 Å². The Kier molecular flexibility index (Phi) is 6.40. The first-order chi connectivity index (χ1) is 16.4. The highest BCUT2D eigenvalue weighted by Crippen LogP contribution is 2.43. The summed E-state index contributed by atoms with van der Waals surface area (Å²) in [5, 5.41) is 10.6. The first-order valence-corrected chi connectivity index (χ1v) is 12.6. The van der Waals surface area contributed by atoms with Gasteiger partial charge in [-0.25, -0.2) is 8.42 Å². The Hall–Kier alpha value is -2.97. The van der Waals surface area contributed by atoms with Crippen LogP contribution in [0.2, 0.25) is 0 Å². The molecule has 186 valence electrons. The van der Waals surface area contributed by atoms with Gasteiger partial charge in [0.15, 0.2) is 9.84 Å². The fraction of sp³-hybridized carbons (Fsp3) is 0.458. The zero-order valence-corrected chi connectivity index (χ0v) is 19.9. The molecule has 0 spiro atoms. The van der Waals surface area contributed by atoms with Crippen LogP contribution in [0.5, 0.6) is 0 Å². The number of alkyl halides is 3. The lowest BCUT2D eigenvalue weighted by atomic mass is 10.0. The molecule has 7 nitrogen and oxygen atoms in total. The standard InChI is InChI=1S/C24H24F3N3O4S/c1-14-9-16(5-8-29-14)15-3-4-21(19(10-15)24(25,26)27)35(32,33)17-11-18(20(12-17)34-2)22(31)30-23(13-28)6-7-23/h3-5,8-10,17-18,20H,6-7,11-12H2,1-2H3,(H,30,31). The second-order valence-electron chi connectivity index (χ2n) is 9.10. The van der Waals surface area contributed by atoms with Crippen LogP contribution in [0.3, 0.4) is 0 Å². The van der Waals surface area contributed by atoms with Crippen molar-refractivity contribution in [1.29, 1.82) is 5.26 Å². The Morgan fingerprint density at radius 2 is 1.89 bits per heavy atom. The summed E-state index contributed by atoms with van der Waals surface area (Å²) in [5.74, 6) is -1.41. The number of amides is 1. The molecule has 1 aromatic heterocycles. The molecule has 0 bridgehead atoms. The van der Waals surface area contributed by atoms with Crippen LogP contribution in [0.25, 0.3) is 11.1 Å². The van der Waals surface area contributed by atoms with Crippen LogP contribution in [-0.4, -0.2) is 43.3 Å². The highest BCUT2D eigenvalue weighted by atomic mass is 32.2. The highest BCUT2D eigenvalue weighted by Gasteiger charge is 2.51. The zero-order valence-electron chi connectivity index (χ0n) is 19.1. The summed E-state index contributed by atoms with van der Waals surface area (Å²) in [4.78, 5) is 16.0. The van der Waals surface area contributed by atoms with Crippen LogP contribution in [0.1, 0.15) is 36.9 Å². The van der Waals surface area contributed by atoms with Crippen molar-refractivity contribution in [2.45, 2.75) is 60.6 Å². The number of nitrogens with one attached hydrogen (secondary N) is 1. The van der Waals surface area contributed by atoms with Crippen molar-refractivity contribution in [1.82, 2.24) is 10.3 Å². The van der Waals surface area contributed by atoms with Crippen LogP contribution in [0.4, 0.5) is 13.2 Å². The molecule has 1 N–H and O–H groups in total. The summed E-state index contributed by atoms with van der Waals surface area (Å²) in [5.41, 5.74) is -0.899. The molecule has 35 heavy (non-hydrogen) atoms. The van der Waals surface area contributed by atoms with Crippen molar-refractivity contribution in [2.75, 3.05) is 7.11 Å². The number of rotatable bonds is 6. The van der Waals surface area contributed by atoms with E-state index >= 15 is 0 Å². The SMILES string of the molecule is COC1CC(S(=O)(=O)c2ccc(-c3ccnc(C)c3)cc2C(F)(F)F)CC1C(=O)NC1(C#N)CC1. The third-order valence-electron chi connectivity index (χ3n) is 6.69. The average Bonchev–Trinajstić information content (AvgIpc) is 3.43. The Morgan fingerprint density at radius 3 is 2.46 bits per heavy atom. The van der Waals surface area contributed by atoms with Crippen LogP contribution in [0.15, 0.2) is 41.4 Å². The summed E-state index contributed by atoms with van der Waals surface area (Å²) >= 11 is 0. The molecule has 3 atom stereocenters. The summed E-state index contributed by atoms with van der Waals surface area (Å²) < 4.78 is 74.3. The molecule has 0 radical (unpaired) electrons. The molecule has 2 aromatic rings. The fourth-order valence-corrected chi connectivity index (χ4v) is 6.55. The maximum atomic E-state index is 14.0. The van der Waals surface area contributed by atoms with Gasteiger partial charge in [0, 0.05) is 19.0 Å². The number of hydrogen-bond acceptors (Lipinski definition) is 6. The Labute approximate surface area is 201 Å². The Balaban J connectivity index is 1.67. The van der Waals surface area contributed by atoms with Crippen LogP contribution in [0, 0.1) is 24.2 Å². The van der Waals surface area contributed by atoms with Crippen molar-refractivity contribution in [3.63, 3.8) is 0 Å². The fourth-order valence-electron chi connectivity index (χ4n) is 4.55. The van der Waals surface area contributed by atoms with Gasteiger partial charge >= 0.3 is 6.18 Å². The van der Waals surface area contributed by atoms with E-state index in [-0.39, 0.29) is 18.4 Å². The predicted molar refractivity (Wildman–Crippen MR) is 120 cm³/mol. The average molecular weight is 508 g/mol. The van der Waals surface area contributed by atoms with Crippen molar-refractivity contribution in [3.8, 4) is 17.2 Å². The molecule has 0 saturated heterocycles. The number of pyridine rings is 1. The molecule has 11 heteroatoms. The van der Waals surface area contributed by atoms with Gasteiger partial charge in [-0.15, -0.1) is 0 Å². The smallest absolute Gasteiger partial charge is 0.381 e. The van der Waals surface area contributed by atoms with E-state index in [1.54, 1.807) is 19.1 Å². The third kappa shape index (κ3) is 4.90. The second-order valence-corrected chi connectivity index (χ2v) is 11.3. The number of ether oxygens (including phenoxy) is 1. The van der Waals surface area contributed by atoms with Crippen molar-refractivity contribution in [3.05, 3.63) is 47.8 Å². The number of nitriles is 1. The second kappa shape index (κ2) is 8.91. The first kappa shape index (κ1) is 25.1. The maximum absolute atomic E-state index is 14.0. The molecule has 0 aliphatic heterocycles. The number of carbonyl (C=O) groups excluding carboxylic acids is 1. The molecule has 4 rings (SSSR count). The molecule has 2 aliphatic carbocycles. The van der Waals surface area contributed by atoms with E-state index in [9.17, 15) is 31.6 Å². The number of aryl methyl sites for hydroxylation is 1. The van der Waals surface area contributed by atoms with Crippen molar-refractivity contribution in [2.24, 2.45) is 5.92 Å². The van der Waals surface area contributed by atoms with Crippen molar-refractivity contribution < 1.29 is 31.1 Å². The molecular formula is C24H24F3N3O4S. The minimum absolute atomic E-state index is 0.126. The summed E-state index contributed by atoms with van der Waals surface area (Å²) in [6, 6.07) is 8.35. The number of benzene rings is 1. The van der Waals surface area contributed by atoms with E-state index in [1.807, 2.05) is 6.07 Å². The van der Waals surface area contributed by atoms with Gasteiger partial charge in [0.2, 0.25) is 5.91 Å². The quantitative estimate of drug-likeness (QED) is 0.637. The molecule has 2 aliphatic rings. The van der Waals surface area contributed by atoms with E-state index in [0.29, 0.717) is 24.1 Å². The molecule has 1 heterocycles. The molecule has 1 amide bonds. The number of methoxy groups -OCH3 is 1. The number of halogens is 3. The number of hydrogen-bond donors (Lipinski definition) is 1. The molecule has 1 aromatic carbocycles. The molecular weight excluding hydrogens is 483 g/mol. The van der Waals surface area contributed by atoms with E-state index < -0.39 is 55.2 Å². The number of sulfone groups is 1. The maximum Gasteiger partial charge on any atom is 0.417 e. The zero-order chi connectivity index (χ0) is 25.6. The Morgan fingerprint density at radius 1 is 1.20 bits per heavy atom. The monoisotopic (exact) mass is 507 g/mol.